The van der Waals surface area contributed by atoms with Crippen LogP contribution in [-0.4, -0.2) is 56.1 Å². The molecule has 0 bridgehead atoms. The van der Waals surface area contributed by atoms with E-state index in [2.05, 4.69) is 20.7 Å². The van der Waals surface area contributed by atoms with Crippen LogP contribution in [-0.2, 0) is 19.7 Å². The van der Waals surface area contributed by atoms with Gasteiger partial charge in [0.05, 0.1) is 18.8 Å². The number of nitrogens with zero attached hydrogens (tertiary/aromatic N) is 1. The Morgan fingerprint density at radius 1 is 1.61 bits per heavy atom. The van der Waals surface area contributed by atoms with E-state index in [9.17, 15) is 13.2 Å². The van der Waals surface area contributed by atoms with Gasteiger partial charge in [-0.15, -0.1) is 0 Å². The second-order valence-corrected chi connectivity index (χ2v) is 6.86. The highest BCUT2D eigenvalue weighted by molar-refractivity contribution is 9.09. The van der Waals surface area contributed by atoms with Gasteiger partial charge in [-0.1, -0.05) is 15.9 Å². The molecule has 1 rings (SSSR count). The van der Waals surface area contributed by atoms with Gasteiger partial charge in [-0.3, -0.25) is 0 Å². The summed E-state index contributed by atoms with van der Waals surface area (Å²) >= 11 is 3.26. The fourth-order valence-corrected chi connectivity index (χ4v) is 3.32. The highest BCUT2D eigenvalue weighted by Crippen LogP contribution is 2.23. The maximum Gasteiger partial charge on any atom is 0.421 e. The number of nitrogens with one attached hydrogen (secondary N) is 1. The van der Waals surface area contributed by atoms with E-state index in [-0.39, 0.29) is 19.2 Å². The van der Waals surface area contributed by atoms with E-state index in [0.29, 0.717) is 5.33 Å². The van der Waals surface area contributed by atoms with Crippen molar-refractivity contribution < 1.29 is 22.7 Å². The Hall–Kier alpha value is -0.380. The van der Waals surface area contributed by atoms with Crippen molar-refractivity contribution in [3.05, 3.63) is 0 Å². The van der Waals surface area contributed by atoms with Crippen LogP contribution in [0.3, 0.4) is 0 Å². The van der Waals surface area contributed by atoms with Gasteiger partial charge in [-0.25, -0.2) is 9.52 Å². The minimum Gasteiger partial charge on any atom is -0.452 e. The number of ether oxygens (including phenoxy) is 2. The Kier molecular flexibility index (Phi) is 4.98. The fourth-order valence-electron chi connectivity index (χ4n) is 1.72. The number of hydrogen-bond donors (Lipinski definition) is 1. The third-order valence-corrected chi connectivity index (χ3v) is 4.46. The molecule has 1 aliphatic rings. The van der Waals surface area contributed by atoms with Crippen molar-refractivity contribution in [2.24, 2.45) is 0 Å². The van der Waals surface area contributed by atoms with Crippen molar-refractivity contribution in [1.82, 2.24) is 9.03 Å². The molecule has 18 heavy (non-hydrogen) atoms. The summed E-state index contributed by atoms with van der Waals surface area (Å²) < 4.78 is 36.9. The molecule has 9 heteroatoms. The van der Waals surface area contributed by atoms with Crippen LogP contribution in [0.15, 0.2) is 0 Å². The summed E-state index contributed by atoms with van der Waals surface area (Å²) in [7, 11) is -2.79. The lowest BCUT2D eigenvalue weighted by molar-refractivity contribution is -0.107. The molecular weight excluding hydrogens is 328 g/mol. The first-order valence-corrected chi connectivity index (χ1v) is 7.86. The minimum atomic E-state index is -3.90. The Morgan fingerprint density at radius 3 is 2.72 bits per heavy atom. The number of morpholine rings is 1. The SMILES string of the molecule is COC(=O)NS(=O)(=O)N1CC(CBr)OC(C)(C)C1. The summed E-state index contributed by atoms with van der Waals surface area (Å²) in [6.07, 6.45) is -1.27. The minimum absolute atomic E-state index is 0.169. The molecule has 1 heterocycles. The van der Waals surface area contributed by atoms with E-state index in [0.717, 1.165) is 7.11 Å². The number of carbonyl (C=O) groups excluding carboxylic acids is 1. The number of carbonyl (C=O) groups is 1. The topological polar surface area (TPSA) is 84.9 Å². The van der Waals surface area contributed by atoms with Crippen LogP contribution < -0.4 is 4.72 Å². The Morgan fingerprint density at radius 2 is 2.22 bits per heavy atom. The van der Waals surface area contributed by atoms with Crippen molar-refractivity contribution in [1.29, 1.82) is 0 Å². The van der Waals surface area contributed by atoms with E-state index in [4.69, 9.17) is 4.74 Å². The summed E-state index contributed by atoms with van der Waals surface area (Å²) in [5.41, 5.74) is -0.610. The van der Waals surface area contributed by atoms with E-state index in [1.165, 1.54) is 4.31 Å². The Labute approximate surface area is 115 Å². The van der Waals surface area contributed by atoms with Crippen LogP contribution in [0, 0.1) is 0 Å². The number of hydrogen-bond acceptors (Lipinski definition) is 5. The second-order valence-electron chi connectivity index (χ2n) is 4.55. The lowest BCUT2D eigenvalue weighted by Gasteiger charge is -2.41. The first-order valence-electron chi connectivity index (χ1n) is 5.30. The lowest BCUT2D eigenvalue weighted by Crippen LogP contribution is -2.58. The average molecular weight is 345 g/mol. The normalized spacial score (nSPS) is 24.6. The van der Waals surface area contributed by atoms with E-state index < -0.39 is 21.9 Å². The molecule has 0 radical (unpaired) electrons. The summed E-state index contributed by atoms with van der Waals surface area (Å²) in [5, 5.41) is 0.515. The van der Waals surface area contributed by atoms with Crippen LogP contribution in [0.5, 0.6) is 0 Å². The standard InChI is InChI=1S/C9H17BrN2O5S/c1-9(2)6-12(5-7(4-10)17-9)18(14,15)11-8(13)16-3/h7H,4-6H2,1-3H3,(H,11,13). The molecule has 0 aromatic rings. The van der Waals surface area contributed by atoms with Crippen molar-refractivity contribution in [3.63, 3.8) is 0 Å². The van der Waals surface area contributed by atoms with Crippen molar-refractivity contribution in [2.75, 3.05) is 25.5 Å². The third kappa shape index (κ3) is 4.08. The zero-order valence-electron chi connectivity index (χ0n) is 10.5. The highest BCUT2D eigenvalue weighted by atomic mass is 79.9. The molecule has 1 atom stereocenters. The molecule has 1 N–H and O–H groups in total. The molecule has 1 amide bonds. The Bertz CT molecular complexity index is 411. The van der Waals surface area contributed by atoms with E-state index in [1.807, 2.05) is 4.72 Å². The number of rotatable bonds is 3. The van der Waals surface area contributed by atoms with Crippen molar-refractivity contribution in [3.8, 4) is 0 Å². The molecule has 1 unspecified atom stereocenters. The summed E-state index contributed by atoms with van der Waals surface area (Å²) in [6, 6.07) is 0. The monoisotopic (exact) mass is 344 g/mol. The predicted molar refractivity (Wildman–Crippen MR) is 68.8 cm³/mol. The number of halogens is 1. The molecule has 0 aromatic heterocycles. The molecule has 1 aliphatic heterocycles. The zero-order chi connectivity index (χ0) is 14.0. The second kappa shape index (κ2) is 5.72. The van der Waals surface area contributed by atoms with Gasteiger partial charge in [0.2, 0.25) is 0 Å². The van der Waals surface area contributed by atoms with Gasteiger partial charge in [0.15, 0.2) is 0 Å². The highest BCUT2D eigenvalue weighted by Gasteiger charge is 2.39. The van der Waals surface area contributed by atoms with Crippen LogP contribution >= 0.6 is 15.9 Å². The smallest absolute Gasteiger partial charge is 0.421 e. The molecular formula is C9H17BrN2O5S. The van der Waals surface area contributed by atoms with Crippen LogP contribution in [0.25, 0.3) is 0 Å². The molecule has 106 valence electrons. The molecule has 1 saturated heterocycles. The van der Waals surface area contributed by atoms with E-state index >= 15 is 0 Å². The van der Waals surface area contributed by atoms with E-state index in [1.54, 1.807) is 13.8 Å². The van der Waals surface area contributed by atoms with Crippen molar-refractivity contribution in [2.45, 2.75) is 25.6 Å². The first-order chi connectivity index (χ1) is 8.20. The summed E-state index contributed by atoms with van der Waals surface area (Å²) in [4.78, 5) is 11.0. The van der Waals surface area contributed by atoms with Crippen molar-refractivity contribution >= 4 is 32.2 Å². The lowest BCUT2D eigenvalue weighted by atomic mass is 10.1. The maximum atomic E-state index is 11.9. The van der Waals surface area contributed by atoms with Gasteiger partial charge in [0.25, 0.3) is 0 Å². The van der Waals surface area contributed by atoms with Crippen LogP contribution in [0.2, 0.25) is 0 Å². The number of alkyl halides is 1. The van der Waals surface area contributed by atoms with Gasteiger partial charge in [-0.05, 0) is 13.8 Å². The maximum absolute atomic E-state index is 11.9. The number of amides is 1. The summed E-state index contributed by atoms with van der Waals surface area (Å²) in [5.74, 6) is 0. The molecule has 0 aromatic carbocycles. The molecule has 0 spiro atoms. The molecule has 1 fully saturated rings. The average Bonchev–Trinajstić information content (AvgIpc) is 2.26. The van der Waals surface area contributed by atoms with Gasteiger partial charge in [-0.2, -0.15) is 12.7 Å². The summed E-state index contributed by atoms with van der Waals surface area (Å²) in [6.45, 7) is 3.94. The predicted octanol–water partition coefficient (Wildman–Crippen LogP) is 0.462. The molecule has 0 aliphatic carbocycles. The van der Waals surface area contributed by atoms with Crippen LogP contribution in [0.1, 0.15) is 13.8 Å². The third-order valence-electron chi connectivity index (χ3n) is 2.36. The molecule has 7 nitrogen and oxygen atoms in total. The van der Waals surface area contributed by atoms with Crippen LogP contribution in [0.4, 0.5) is 4.79 Å². The van der Waals surface area contributed by atoms with Gasteiger partial charge >= 0.3 is 16.3 Å². The van der Waals surface area contributed by atoms with Gasteiger partial charge in [0, 0.05) is 18.4 Å². The van der Waals surface area contributed by atoms with Gasteiger partial charge < -0.3 is 9.47 Å². The number of methoxy groups -OCH3 is 1. The first kappa shape index (κ1) is 15.7. The zero-order valence-corrected chi connectivity index (χ0v) is 12.9. The Balaban J connectivity index is 2.84. The molecule has 0 saturated carbocycles. The largest absolute Gasteiger partial charge is 0.452 e. The fraction of sp³-hybridized carbons (Fsp3) is 0.889. The van der Waals surface area contributed by atoms with Gasteiger partial charge in [0.1, 0.15) is 0 Å². The quantitative estimate of drug-likeness (QED) is 0.752.